The Balaban J connectivity index is 2.02. The van der Waals surface area contributed by atoms with E-state index in [-0.39, 0.29) is 11.9 Å². The fourth-order valence-electron chi connectivity index (χ4n) is 1.68. The lowest BCUT2D eigenvalue weighted by Crippen LogP contribution is -2.25. The summed E-state index contributed by atoms with van der Waals surface area (Å²) in [6, 6.07) is 3.98. The minimum absolute atomic E-state index is 0.0710. The van der Waals surface area contributed by atoms with Gasteiger partial charge in [0.05, 0.1) is 18.6 Å². The second-order valence-electron chi connectivity index (χ2n) is 4.15. The number of hydrogen-bond donors (Lipinski definition) is 2. The standard InChI is InChI=1S/C12H16N4O/c1-9(2)16-5-3-4-11(16)12(17)14-7-10-6-13-8-15-10/h3-6,8-9H,7H2,1-2H3,(H,13,15)(H,14,17). The summed E-state index contributed by atoms with van der Waals surface area (Å²) in [6.45, 7) is 4.56. The van der Waals surface area contributed by atoms with Crippen molar-refractivity contribution in [1.29, 1.82) is 0 Å². The zero-order valence-corrected chi connectivity index (χ0v) is 9.97. The number of aromatic amines is 1. The molecule has 0 saturated carbocycles. The number of H-pyrrole nitrogens is 1. The van der Waals surface area contributed by atoms with Crippen molar-refractivity contribution in [3.63, 3.8) is 0 Å². The van der Waals surface area contributed by atoms with E-state index in [1.165, 1.54) is 0 Å². The topological polar surface area (TPSA) is 62.7 Å². The number of rotatable bonds is 4. The fourth-order valence-corrected chi connectivity index (χ4v) is 1.68. The fraction of sp³-hybridized carbons (Fsp3) is 0.333. The van der Waals surface area contributed by atoms with E-state index in [1.54, 1.807) is 12.5 Å². The van der Waals surface area contributed by atoms with Crippen LogP contribution in [0.25, 0.3) is 0 Å². The summed E-state index contributed by atoms with van der Waals surface area (Å²) in [5, 5.41) is 2.85. The molecule has 0 bridgehead atoms. The molecule has 2 aromatic heterocycles. The van der Waals surface area contributed by atoms with E-state index in [9.17, 15) is 4.79 Å². The van der Waals surface area contributed by atoms with Crippen molar-refractivity contribution in [2.75, 3.05) is 0 Å². The summed E-state index contributed by atoms with van der Waals surface area (Å²) in [7, 11) is 0. The number of nitrogens with one attached hydrogen (secondary N) is 2. The summed E-state index contributed by atoms with van der Waals surface area (Å²) in [5.41, 5.74) is 1.57. The van der Waals surface area contributed by atoms with E-state index < -0.39 is 0 Å². The van der Waals surface area contributed by atoms with Gasteiger partial charge in [-0.3, -0.25) is 4.79 Å². The molecule has 2 rings (SSSR count). The number of aromatic nitrogens is 3. The number of carbonyl (C=O) groups is 1. The molecule has 5 nitrogen and oxygen atoms in total. The maximum Gasteiger partial charge on any atom is 0.268 e. The van der Waals surface area contributed by atoms with E-state index in [1.807, 2.05) is 36.7 Å². The molecule has 5 heteroatoms. The molecule has 0 fully saturated rings. The first-order valence-electron chi connectivity index (χ1n) is 5.61. The lowest BCUT2D eigenvalue weighted by Gasteiger charge is -2.12. The predicted molar refractivity (Wildman–Crippen MR) is 64.6 cm³/mol. The Hall–Kier alpha value is -2.04. The number of hydrogen-bond acceptors (Lipinski definition) is 2. The van der Waals surface area contributed by atoms with Crippen molar-refractivity contribution in [2.24, 2.45) is 0 Å². The first-order valence-corrected chi connectivity index (χ1v) is 5.61. The highest BCUT2D eigenvalue weighted by Crippen LogP contribution is 2.10. The SMILES string of the molecule is CC(C)n1cccc1C(=O)NCc1cnc[nH]1. The molecule has 90 valence electrons. The monoisotopic (exact) mass is 232 g/mol. The van der Waals surface area contributed by atoms with E-state index in [0.717, 1.165) is 5.69 Å². The lowest BCUT2D eigenvalue weighted by molar-refractivity contribution is 0.0939. The van der Waals surface area contributed by atoms with Crippen LogP contribution < -0.4 is 5.32 Å². The van der Waals surface area contributed by atoms with Crippen LogP contribution in [-0.4, -0.2) is 20.4 Å². The van der Waals surface area contributed by atoms with Crippen molar-refractivity contribution in [2.45, 2.75) is 26.4 Å². The quantitative estimate of drug-likeness (QED) is 0.843. The van der Waals surface area contributed by atoms with Gasteiger partial charge in [0, 0.05) is 18.4 Å². The van der Waals surface area contributed by atoms with Crippen LogP contribution in [0.2, 0.25) is 0 Å². The van der Waals surface area contributed by atoms with Crippen LogP contribution in [0.15, 0.2) is 30.9 Å². The van der Waals surface area contributed by atoms with Crippen LogP contribution in [0.3, 0.4) is 0 Å². The zero-order valence-electron chi connectivity index (χ0n) is 9.97. The lowest BCUT2D eigenvalue weighted by atomic mass is 10.3. The number of nitrogens with zero attached hydrogens (tertiary/aromatic N) is 2. The van der Waals surface area contributed by atoms with E-state index >= 15 is 0 Å². The van der Waals surface area contributed by atoms with Gasteiger partial charge in [-0.05, 0) is 26.0 Å². The molecule has 0 aromatic carbocycles. The Morgan fingerprint density at radius 2 is 2.41 bits per heavy atom. The largest absolute Gasteiger partial charge is 0.347 e. The minimum atomic E-state index is -0.0710. The number of imidazole rings is 1. The summed E-state index contributed by atoms with van der Waals surface area (Å²) in [5.74, 6) is -0.0710. The van der Waals surface area contributed by atoms with Crippen LogP contribution in [0.5, 0.6) is 0 Å². The van der Waals surface area contributed by atoms with Gasteiger partial charge in [0.25, 0.3) is 5.91 Å². The average molecular weight is 232 g/mol. The molecule has 0 radical (unpaired) electrons. The van der Waals surface area contributed by atoms with Gasteiger partial charge in [-0.25, -0.2) is 4.98 Å². The van der Waals surface area contributed by atoms with Crippen molar-refractivity contribution in [3.8, 4) is 0 Å². The maximum atomic E-state index is 12.0. The predicted octanol–water partition coefficient (Wildman–Crippen LogP) is 1.72. The first-order chi connectivity index (χ1) is 8.18. The Kier molecular flexibility index (Phi) is 3.27. The van der Waals surface area contributed by atoms with Gasteiger partial charge in [-0.15, -0.1) is 0 Å². The number of carbonyl (C=O) groups excluding carboxylic acids is 1. The number of amides is 1. The summed E-state index contributed by atoms with van der Waals surface area (Å²) < 4.78 is 1.95. The Morgan fingerprint density at radius 1 is 1.59 bits per heavy atom. The molecule has 0 aliphatic carbocycles. The molecule has 2 N–H and O–H groups in total. The third kappa shape index (κ3) is 2.55. The van der Waals surface area contributed by atoms with Crippen molar-refractivity contribution in [1.82, 2.24) is 19.9 Å². The molecule has 2 heterocycles. The van der Waals surface area contributed by atoms with Crippen LogP contribution in [0.1, 0.15) is 36.1 Å². The third-order valence-electron chi connectivity index (χ3n) is 2.56. The highest BCUT2D eigenvalue weighted by Gasteiger charge is 2.12. The van der Waals surface area contributed by atoms with Gasteiger partial charge in [0.15, 0.2) is 0 Å². The van der Waals surface area contributed by atoms with Gasteiger partial charge >= 0.3 is 0 Å². The molecular weight excluding hydrogens is 216 g/mol. The van der Waals surface area contributed by atoms with Gasteiger partial charge in [-0.2, -0.15) is 0 Å². The third-order valence-corrected chi connectivity index (χ3v) is 2.56. The van der Waals surface area contributed by atoms with Crippen LogP contribution in [0, 0.1) is 0 Å². The Morgan fingerprint density at radius 3 is 3.06 bits per heavy atom. The second-order valence-corrected chi connectivity index (χ2v) is 4.15. The highest BCUT2D eigenvalue weighted by molar-refractivity contribution is 5.92. The van der Waals surface area contributed by atoms with E-state index in [2.05, 4.69) is 15.3 Å². The summed E-state index contributed by atoms with van der Waals surface area (Å²) in [4.78, 5) is 18.8. The van der Waals surface area contributed by atoms with E-state index in [4.69, 9.17) is 0 Å². The van der Waals surface area contributed by atoms with Gasteiger partial charge in [-0.1, -0.05) is 0 Å². The zero-order chi connectivity index (χ0) is 12.3. The highest BCUT2D eigenvalue weighted by atomic mass is 16.1. The minimum Gasteiger partial charge on any atom is -0.347 e. The first kappa shape index (κ1) is 11.4. The molecule has 0 spiro atoms. The van der Waals surface area contributed by atoms with Crippen LogP contribution in [-0.2, 0) is 6.54 Å². The molecular formula is C12H16N4O. The van der Waals surface area contributed by atoms with Crippen molar-refractivity contribution < 1.29 is 4.79 Å². The molecule has 0 saturated heterocycles. The Bertz CT molecular complexity index is 484. The summed E-state index contributed by atoms with van der Waals surface area (Å²) in [6.07, 6.45) is 5.20. The van der Waals surface area contributed by atoms with Crippen molar-refractivity contribution >= 4 is 5.91 Å². The Labute approximate surface area is 99.9 Å². The molecule has 17 heavy (non-hydrogen) atoms. The van der Waals surface area contributed by atoms with Gasteiger partial charge < -0.3 is 14.9 Å². The smallest absolute Gasteiger partial charge is 0.268 e. The molecule has 0 unspecified atom stereocenters. The molecule has 0 aliphatic heterocycles. The maximum absolute atomic E-state index is 12.0. The molecule has 0 aliphatic rings. The van der Waals surface area contributed by atoms with Crippen molar-refractivity contribution in [3.05, 3.63) is 42.2 Å². The molecule has 0 atom stereocenters. The van der Waals surface area contributed by atoms with Gasteiger partial charge in [0.2, 0.25) is 0 Å². The second kappa shape index (κ2) is 4.86. The normalized spacial score (nSPS) is 10.8. The van der Waals surface area contributed by atoms with Crippen LogP contribution in [0.4, 0.5) is 0 Å². The van der Waals surface area contributed by atoms with E-state index in [0.29, 0.717) is 12.2 Å². The van der Waals surface area contributed by atoms with Gasteiger partial charge in [0.1, 0.15) is 5.69 Å². The molecule has 2 aromatic rings. The summed E-state index contributed by atoms with van der Waals surface area (Å²) >= 11 is 0. The van der Waals surface area contributed by atoms with Crippen LogP contribution >= 0.6 is 0 Å². The average Bonchev–Trinajstić information content (AvgIpc) is 2.96. The molecule has 1 amide bonds.